The molecule has 2 saturated heterocycles. The van der Waals surface area contributed by atoms with Crippen LogP contribution in [0.4, 0.5) is 5.69 Å². The number of aliphatic hydroxyl groups excluding tert-OH is 1. The molecule has 0 unspecified atom stereocenters. The van der Waals surface area contributed by atoms with Crippen LogP contribution < -0.4 is 26.6 Å². The summed E-state index contributed by atoms with van der Waals surface area (Å²) < 4.78 is 0. The average molecular weight is 884 g/mol. The molecule has 7 N–H and O–H groups in total. The first-order valence-electron chi connectivity index (χ1n) is 21.2. The monoisotopic (exact) mass is 883 g/mol. The van der Waals surface area contributed by atoms with Gasteiger partial charge in [0.05, 0.1) is 6.10 Å². The molecular weight excluding hydrogens is 827 g/mol. The quantitative estimate of drug-likeness (QED) is 0.106. The number of amides is 7. The Morgan fingerprint density at radius 1 is 0.875 bits per heavy atom. The van der Waals surface area contributed by atoms with Crippen LogP contribution in [-0.2, 0) is 40.0 Å². The minimum absolute atomic E-state index is 0.00146. The molecule has 7 amide bonds. The van der Waals surface area contributed by atoms with Crippen LogP contribution in [0.5, 0.6) is 5.75 Å². The smallest absolute Gasteiger partial charge is 0.274 e. The standard InChI is InChI=1S/C45H57N9O10/c1-6-31(48-41(60)36(26(2)55)49-42(61)38-35(57)15-10-21-47-38)43(62)53-22-11-14-32(53)44(63)52(5)34(24-27-16-18-29(19-17-27)51(3)4)45(64)54-23-20-30(56)25-33(54)40(59)50-37(39(46)58)28-12-8-7-9-13-28/h7-10,12-13,15-19,21,26,31-34,36-37,55,57H,6,11,14,20,22-25H2,1-5H3,(H2,46,58)(H,48,60)(H,49,61)(H,50,59)/t26-,31-,32+,33+,34+,36+,37+/m1/s1. The van der Waals surface area contributed by atoms with Gasteiger partial charge in [0, 0.05) is 65.4 Å². The molecule has 19 nitrogen and oxygen atoms in total. The molecule has 0 spiro atoms. The zero-order valence-electron chi connectivity index (χ0n) is 36.6. The number of rotatable bonds is 17. The first-order valence-corrected chi connectivity index (χ1v) is 21.2. The maximum Gasteiger partial charge on any atom is 0.274 e. The lowest BCUT2D eigenvalue weighted by Crippen LogP contribution is -2.62. The van der Waals surface area contributed by atoms with Gasteiger partial charge < -0.3 is 51.5 Å². The van der Waals surface area contributed by atoms with E-state index < -0.39 is 89.5 Å². The van der Waals surface area contributed by atoms with Gasteiger partial charge in [-0.3, -0.25) is 38.4 Å². The number of carbonyl (C=O) groups excluding carboxylic acids is 8. The van der Waals surface area contributed by atoms with E-state index in [1.54, 1.807) is 37.3 Å². The molecule has 2 aromatic carbocycles. The lowest BCUT2D eigenvalue weighted by molar-refractivity contribution is -0.154. The number of pyridine rings is 1. The van der Waals surface area contributed by atoms with E-state index in [0.717, 1.165) is 5.69 Å². The third-order valence-electron chi connectivity index (χ3n) is 11.6. The fourth-order valence-corrected chi connectivity index (χ4v) is 7.93. The number of aromatic nitrogens is 1. The molecule has 5 rings (SSSR count). The van der Waals surface area contributed by atoms with E-state index in [4.69, 9.17) is 5.73 Å². The number of carbonyl (C=O) groups is 8. The van der Waals surface area contributed by atoms with Gasteiger partial charge in [-0.1, -0.05) is 49.4 Å². The van der Waals surface area contributed by atoms with Gasteiger partial charge in [-0.25, -0.2) is 4.98 Å². The second kappa shape index (κ2) is 21.5. The number of primary amides is 1. The number of nitrogens with one attached hydrogen (secondary N) is 3. The number of benzene rings is 2. The van der Waals surface area contributed by atoms with Gasteiger partial charge in [0.2, 0.25) is 35.4 Å². The van der Waals surface area contributed by atoms with E-state index in [9.17, 15) is 48.6 Å². The summed E-state index contributed by atoms with van der Waals surface area (Å²) in [6, 6.07) is 10.7. The number of aromatic hydroxyl groups is 1. The zero-order valence-corrected chi connectivity index (χ0v) is 36.6. The summed E-state index contributed by atoms with van der Waals surface area (Å²) in [5, 5.41) is 28.1. The normalized spacial score (nSPS) is 18.4. The Bertz CT molecular complexity index is 2200. The van der Waals surface area contributed by atoms with Crippen LogP contribution in [0.15, 0.2) is 72.9 Å². The van der Waals surface area contributed by atoms with Crippen molar-refractivity contribution in [1.82, 2.24) is 35.6 Å². The summed E-state index contributed by atoms with van der Waals surface area (Å²) in [4.78, 5) is 119. The second-order valence-corrected chi connectivity index (χ2v) is 16.2. The Morgan fingerprint density at radius 2 is 1.55 bits per heavy atom. The van der Waals surface area contributed by atoms with Crippen LogP contribution in [-0.4, -0.2) is 148 Å². The van der Waals surface area contributed by atoms with Gasteiger partial charge in [-0.2, -0.15) is 0 Å². The van der Waals surface area contributed by atoms with Crippen molar-refractivity contribution >= 4 is 52.8 Å². The van der Waals surface area contributed by atoms with Crippen molar-refractivity contribution < 1.29 is 48.6 Å². The third-order valence-corrected chi connectivity index (χ3v) is 11.6. The summed E-state index contributed by atoms with van der Waals surface area (Å²) in [6.07, 6.45) is 0.182. The molecule has 64 heavy (non-hydrogen) atoms. The van der Waals surface area contributed by atoms with Crippen molar-refractivity contribution in [2.75, 3.05) is 39.1 Å². The van der Waals surface area contributed by atoms with Gasteiger partial charge in [0.25, 0.3) is 5.91 Å². The summed E-state index contributed by atoms with van der Waals surface area (Å²) in [6.45, 7) is 2.92. The molecule has 2 aliphatic rings. The van der Waals surface area contributed by atoms with E-state index in [1.165, 1.54) is 47.0 Å². The number of hydrogen-bond donors (Lipinski definition) is 6. The second-order valence-electron chi connectivity index (χ2n) is 16.2. The topological polar surface area (TPSA) is 265 Å². The van der Waals surface area contributed by atoms with Crippen LogP contribution in [0.1, 0.15) is 73.6 Å². The highest BCUT2D eigenvalue weighted by Gasteiger charge is 2.45. The molecule has 0 aliphatic carbocycles. The Labute approximate surface area is 371 Å². The molecule has 0 saturated carbocycles. The van der Waals surface area contributed by atoms with E-state index in [1.807, 2.05) is 43.3 Å². The Hall–Kier alpha value is -6.89. The molecular formula is C45H57N9O10. The summed E-state index contributed by atoms with van der Waals surface area (Å²) in [5.41, 5.74) is 7.28. The Morgan fingerprint density at radius 3 is 2.16 bits per heavy atom. The first-order chi connectivity index (χ1) is 30.4. The SMILES string of the molecule is CC[C@@H](NC(=O)[C@@H](NC(=O)c1ncccc1O)[C@@H](C)O)C(=O)N1CCC[C@H]1C(=O)N(C)[C@@H](Cc1ccc(N(C)C)cc1)C(=O)N1CCC(=O)C[C@H]1C(=O)N[C@H](C(N)=O)c1ccccc1. The molecule has 1 aromatic heterocycles. The van der Waals surface area contributed by atoms with E-state index in [-0.39, 0.29) is 56.7 Å². The number of ketones is 1. The van der Waals surface area contributed by atoms with Crippen molar-refractivity contribution in [1.29, 1.82) is 0 Å². The molecule has 0 bridgehead atoms. The van der Waals surface area contributed by atoms with Gasteiger partial charge in [-0.15, -0.1) is 0 Å². The zero-order chi connectivity index (χ0) is 46.8. The number of piperidine rings is 1. The molecule has 19 heteroatoms. The first kappa shape index (κ1) is 48.1. The molecule has 2 fully saturated rings. The van der Waals surface area contributed by atoms with Crippen LogP contribution in [0.2, 0.25) is 0 Å². The van der Waals surface area contributed by atoms with E-state index in [0.29, 0.717) is 17.5 Å². The Balaban J connectivity index is 1.39. The lowest BCUT2D eigenvalue weighted by atomic mass is 9.95. The van der Waals surface area contributed by atoms with Gasteiger partial charge in [0.1, 0.15) is 47.8 Å². The van der Waals surface area contributed by atoms with Crippen molar-refractivity contribution in [3.8, 4) is 5.75 Å². The number of nitrogens with two attached hydrogens (primary N) is 1. The van der Waals surface area contributed by atoms with Crippen LogP contribution >= 0.6 is 0 Å². The predicted octanol–water partition coefficient (Wildman–Crippen LogP) is 0.191. The third kappa shape index (κ3) is 11.4. The number of likely N-dealkylation sites (tertiary alicyclic amines) is 2. The molecule has 3 aromatic rings. The van der Waals surface area contributed by atoms with Crippen LogP contribution in [0, 0.1) is 0 Å². The Kier molecular flexibility index (Phi) is 16.1. The lowest BCUT2D eigenvalue weighted by Gasteiger charge is -2.40. The summed E-state index contributed by atoms with van der Waals surface area (Å²) in [5.74, 6) is -5.97. The number of Topliss-reactive ketones (excluding diaryl/α,β-unsaturated/α-hetero) is 1. The molecule has 0 radical (unpaired) electrons. The minimum atomic E-state index is -1.55. The van der Waals surface area contributed by atoms with Gasteiger partial charge in [-0.05, 0) is 61.6 Å². The number of nitrogens with zero attached hydrogens (tertiary/aromatic N) is 5. The van der Waals surface area contributed by atoms with E-state index in [2.05, 4.69) is 20.9 Å². The largest absolute Gasteiger partial charge is 0.505 e. The number of hydrogen-bond acceptors (Lipinski definition) is 12. The fourth-order valence-electron chi connectivity index (χ4n) is 7.93. The van der Waals surface area contributed by atoms with Crippen LogP contribution in [0.25, 0.3) is 0 Å². The molecule has 2 aliphatic heterocycles. The maximum atomic E-state index is 14.9. The van der Waals surface area contributed by atoms with Crippen molar-refractivity contribution in [2.45, 2.75) is 94.7 Å². The van der Waals surface area contributed by atoms with Crippen LogP contribution in [0.3, 0.4) is 0 Å². The summed E-state index contributed by atoms with van der Waals surface area (Å²) >= 11 is 0. The fraction of sp³-hybridized carbons (Fsp3) is 0.444. The van der Waals surface area contributed by atoms with Crippen molar-refractivity contribution in [3.05, 3.63) is 89.7 Å². The van der Waals surface area contributed by atoms with E-state index >= 15 is 0 Å². The maximum absolute atomic E-state index is 14.9. The number of likely N-dealkylation sites (N-methyl/N-ethyl adjacent to an activating group) is 1. The highest BCUT2D eigenvalue weighted by atomic mass is 16.3. The highest BCUT2D eigenvalue weighted by molar-refractivity contribution is 6.01. The number of aliphatic hydroxyl groups is 1. The van der Waals surface area contributed by atoms with Gasteiger partial charge >= 0.3 is 0 Å². The highest BCUT2D eigenvalue weighted by Crippen LogP contribution is 2.26. The van der Waals surface area contributed by atoms with Crippen molar-refractivity contribution in [2.24, 2.45) is 5.73 Å². The molecule has 7 atom stereocenters. The average Bonchev–Trinajstić information content (AvgIpc) is 3.78. The molecule has 342 valence electrons. The summed E-state index contributed by atoms with van der Waals surface area (Å²) in [7, 11) is 5.19. The van der Waals surface area contributed by atoms with Gasteiger partial charge in [0.15, 0.2) is 5.69 Å². The molecule has 3 heterocycles. The number of anilines is 1. The van der Waals surface area contributed by atoms with Crippen molar-refractivity contribution in [3.63, 3.8) is 0 Å². The predicted molar refractivity (Wildman–Crippen MR) is 233 cm³/mol. The minimum Gasteiger partial charge on any atom is -0.505 e.